The topological polar surface area (TPSA) is 55.6 Å². The van der Waals surface area contributed by atoms with Crippen LogP contribution in [-0.2, 0) is 0 Å². The summed E-state index contributed by atoms with van der Waals surface area (Å²) >= 11 is 6.06. The maximum Gasteiger partial charge on any atom is 0.226 e. The molecular weight excluding hydrogens is 286 g/mol. The van der Waals surface area contributed by atoms with Gasteiger partial charge in [0, 0.05) is 11.7 Å². The number of anilines is 2. The Hall–Kier alpha value is -2.14. The van der Waals surface area contributed by atoms with Gasteiger partial charge < -0.3 is 9.88 Å². The van der Waals surface area contributed by atoms with E-state index in [1.165, 1.54) is 0 Å². The van der Waals surface area contributed by atoms with Crippen molar-refractivity contribution in [1.29, 1.82) is 0 Å². The molecule has 3 aromatic rings. The van der Waals surface area contributed by atoms with Gasteiger partial charge in [-0.05, 0) is 37.1 Å². The molecule has 1 atom stereocenters. The fraction of sp³-hybridized carbons (Fsp3) is 0.267. The molecule has 2 heterocycles. The summed E-state index contributed by atoms with van der Waals surface area (Å²) in [6.07, 6.45) is 2.79. The number of hydrogen-bond donors (Lipinski definition) is 1. The summed E-state index contributed by atoms with van der Waals surface area (Å²) in [5.74, 6) is 0.623. The van der Waals surface area contributed by atoms with Gasteiger partial charge in [0.25, 0.3) is 0 Å². The summed E-state index contributed by atoms with van der Waals surface area (Å²) in [5, 5.41) is 3.46. The number of aromatic nitrogens is 4. The molecule has 0 saturated heterocycles. The van der Waals surface area contributed by atoms with Crippen LogP contribution < -0.4 is 5.32 Å². The molecule has 1 aromatic carbocycles. The largest absolute Gasteiger partial charge is 0.338 e. The molecule has 0 amide bonds. The average Bonchev–Trinajstić information content (AvgIpc) is 2.91. The zero-order valence-electron chi connectivity index (χ0n) is 11.9. The van der Waals surface area contributed by atoms with Gasteiger partial charge in [0.15, 0.2) is 17.0 Å². The molecule has 1 unspecified atom stereocenters. The van der Waals surface area contributed by atoms with E-state index in [0.717, 1.165) is 23.3 Å². The third-order valence-electron chi connectivity index (χ3n) is 3.50. The van der Waals surface area contributed by atoms with Crippen molar-refractivity contribution in [2.75, 3.05) is 5.32 Å². The standard InChI is InChI=1S/C15H16ClN5/c1-3-10(2)21-9-17-12-13(19-15(16)20-14(12)21)18-11-7-5-4-6-8-11/h4-10H,3H2,1-2H3,(H,18,19,20). The van der Waals surface area contributed by atoms with Gasteiger partial charge >= 0.3 is 0 Å². The number of benzene rings is 1. The first-order valence-electron chi connectivity index (χ1n) is 6.91. The average molecular weight is 302 g/mol. The summed E-state index contributed by atoms with van der Waals surface area (Å²) in [5.41, 5.74) is 2.41. The fourth-order valence-electron chi connectivity index (χ4n) is 2.15. The second kappa shape index (κ2) is 5.69. The van der Waals surface area contributed by atoms with Crippen LogP contribution in [0.15, 0.2) is 36.7 Å². The second-order valence-electron chi connectivity index (χ2n) is 4.91. The molecule has 0 spiro atoms. The maximum atomic E-state index is 6.06. The molecule has 0 bridgehead atoms. The van der Waals surface area contributed by atoms with E-state index in [4.69, 9.17) is 11.6 Å². The van der Waals surface area contributed by atoms with Crippen molar-refractivity contribution in [3.63, 3.8) is 0 Å². The Morgan fingerprint density at radius 3 is 2.71 bits per heavy atom. The number of nitrogens with one attached hydrogen (secondary N) is 1. The van der Waals surface area contributed by atoms with Crippen LogP contribution in [0.5, 0.6) is 0 Å². The molecule has 0 saturated carbocycles. The van der Waals surface area contributed by atoms with Crippen molar-refractivity contribution in [2.45, 2.75) is 26.3 Å². The molecule has 0 aliphatic heterocycles. The quantitative estimate of drug-likeness (QED) is 0.734. The highest BCUT2D eigenvalue weighted by Gasteiger charge is 2.15. The molecule has 3 rings (SSSR count). The number of halogens is 1. The van der Waals surface area contributed by atoms with Gasteiger partial charge in [-0.3, -0.25) is 0 Å². The number of hydrogen-bond acceptors (Lipinski definition) is 4. The maximum absolute atomic E-state index is 6.06. The van der Waals surface area contributed by atoms with Crippen LogP contribution >= 0.6 is 11.6 Å². The zero-order valence-corrected chi connectivity index (χ0v) is 12.7. The molecule has 0 radical (unpaired) electrons. The van der Waals surface area contributed by atoms with Crippen LogP contribution in [0.3, 0.4) is 0 Å². The van der Waals surface area contributed by atoms with E-state index < -0.39 is 0 Å². The Kier molecular flexibility index (Phi) is 3.75. The summed E-state index contributed by atoms with van der Waals surface area (Å²) in [6.45, 7) is 4.25. The Morgan fingerprint density at radius 1 is 1.24 bits per heavy atom. The molecule has 108 valence electrons. The predicted octanol–water partition coefficient (Wildman–Crippen LogP) is 4.19. The molecule has 6 heteroatoms. The SMILES string of the molecule is CCC(C)n1cnc2c(Nc3ccccc3)nc(Cl)nc21. The van der Waals surface area contributed by atoms with Gasteiger partial charge in [0.2, 0.25) is 5.28 Å². The van der Waals surface area contributed by atoms with Crippen molar-refractivity contribution in [1.82, 2.24) is 19.5 Å². The number of para-hydroxylation sites is 1. The van der Waals surface area contributed by atoms with Gasteiger partial charge in [-0.15, -0.1) is 0 Å². The van der Waals surface area contributed by atoms with Crippen molar-refractivity contribution < 1.29 is 0 Å². The molecule has 21 heavy (non-hydrogen) atoms. The van der Waals surface area contributed by atoms with Gasteiger partial charge in [0.1, 0.15) is 0 Å². The Labute approximate surface area is 128 Å². The van der Waals surface area contributed by atoms with Crippen LogP contribution in [0.2, 0.25) is 5.28 Å². The van der Waals surface area contributed by atoms with Gasteiger partial charge in [0.05, 0.1) is 6.33 Å². The zero-order chi connectivity index (χ0) is 14.8. The third kappa shape index (κ3) is 2.69. The van der Waals surface area contributed by atoms with Gasteiger partial charge in [-0.1, -0.05) is 25.1 Å². The second-order valence-corrected chi connectivity index (χ2v) is 5.25. The summed E-state index contributed by atoms with van der Waals surface area (Å²) < 4.78 is 2.03. The van der Waals surface area contributed by atoms with Crippen molar-refractivity contribution in [3.8, 4) is 0 Å². The monoisotopic (exact) mass is 301 g/mol. The minimum atomic E-state index is 0.214. The van der Waals surface area contributed by atoms with Crippen LogP contribution in [0.25, 0.3) is 11.2 Å². The highest BCUT2D eigenvalue weighted by atomic mass is 35.5. The highest BCUT2D eigenvalue weighted by molar-refractivity contribution is 6.28. The first-order valence-corrected chi connectivity index (χ1v) is 7.29. The lowest BCUT2D eigenvalue weighted by atomic mass is 10.2. The van der Waals surface area contributed by atoms with E-state index in [0.29, 0.717) is 11.9 Å². The summed E-state index contributed by atoms with van der Waals surface area (Å²) in [4.78, 5) is 13.0. The van der Waals surface area contributed by atoms with E-state index in [2.05, 4.69) is 34.1 Å². The first kappa shape index (κ1) is 13.8. The van der Waals surface area contributed by atoms with E-state index in [1.807, 2.05) is 34.9 Å². The Balaban J connectivity index is 2.09. The lowest BCUT2D eigenvalue weighted by Gasteiger charge is -2.11. The lowest BCUT2D eigenvalue weighted by Crippen LogP contribution is -2.04. The highest BCUT2D eigenvalue weighted by Crippen LogP contribution is 2.26. The fourth-order valence-corrected chi connectivity index (χ4v) is 2.32. The number of nitrogens with zero attached hydrogens (tertiary/aromatic N) is 4. The normalized spacial score (nSPS) is 12.5. The molecule has 2 aromatic heterocycles. The van der Waals surface area contributed by atoms with Crippen LogP contribution in [-0.4, -0.2) is 19.5 Å². The summed E-state index contributed by atoms with van der Waals surface area (Å²) in [6, 6.07) is 10.1. The Morgan fingerprint density at radius 2 is 2.00 bits per heavy atom. The van der Waals surface area contributed by atoms with Crippen molar-refractivity contribution >= 4 is 34.3 Å². The van der Waals surface area contributed by atoms with E-state index in [1.54, 1.807) is 6.33 Å². The number of rotatable bonds is 4. The lowest BCUT2D eigenvalue weighted by molar-refractivity contribution is 0.541. The third-order valence-corrected chi connectivity index (χ3v) is 3.67. The smallest absolute Gasteiger partial charge is 0.226 e. The molecular formula is C15H16ClN5. The van der Waals surface area contributed by atoms with Crippen molar-refractivity contribution in [3.05, 3.63) is 41.9 Å². The summed E-state index contributed by atoms with van der Waals surface area (Å²) in [7, 11) is 0. The van der Waals surface area contributed by atoms with E-state index >= 15 is 0 Å². The Bertz CT molecular complexity index is 753. The van der Waals surface area contributed by atoms with Crippen LogP contribution in [0, 0.1) is 0 Å². The van der Waals surface area contributed by atoms with E-state index in [9.17, 15) is 0 Å². The number of imidazole rings is 1. The minimum absolute atomic E-state index is 0.214. The van der Waals surface area contributed by atoms with E-state index in [-0.39, 0.29) is 5.28 Å². The van der Waals surface area contributed by atoms with Crippen LogP contribution in [0.1, 0.15) is 26.3 Å². The van der Waals surface area contributed by atoms with Gasteiger partial charge in [-0.2, -0.15) is 9.97 Å². The molecule has 1 N–H and O–H groups in total. The minimum Gasteiger partial charge on any atom is -0.338 e. The molecule has 0 aliphatic rings. The molecule has 0 aliphatic carbocycles. The van der Waals surface area contributed by atoms with Crippen LogP contribution in [0.4, 0.5) is 11.5 Å². The van der Waals surface area contributed by atoms with Crippen molar-refractivity contribution in [2.24, 2.45) is 0 Å². The molecule has 5 nitrogen and oxygen atoms in total. The first-order chi connectivity index (χ1) is 10.2. The molecule has 0 fully saturated rings. The number of fused-ring (bicyclic) bond motifs is 1. The van der Waals surface area contributed by atoms with Gasteiger partial charge in [-0.25, -0.2) is 4.98 Å². The predicted molar refractivity (Wildman–Crippen MR) is 85.1 cm³/mol.